The number of anilines is 6. The molecule has 0 aliphatic heterocycles. The molecule has 0 N–H and O–H groups in total. The Morgan fingerprint density at radius 1 is 0.377 bits per heavy atom. The van der Waals surface area contributed by atoms with Crippen LogP contribution in [-0.4, -0.2) is 0 Å². The van der Waals surface area contributed by atoms with Gasteiger partial charge >= 0.3 is 0 Å². The number of hydrogen-bond donors (Lipinski definition) is 0. The van der Waals surface area contributed by atoms with Crippen LogP contribution >= 0.6 is 0 Å². The fraction of sp³-hybridized carbons (Fsp3) is 0.0526. The number of rotatable bonds is 6. The summed E-state index contributed by atoms with van der Waals surface area (Å²) in [5.41, 5.74) is 12.3. The van der Waals surface area contributed by atoms with Gasteiger partial charge in [-0.2, -0.15) is 10.5 Å². The molecule has 11 rings (SSSR count). The van der Waals surface area contributed by atoms with Crippen LogP contribution in [0.5, 0.6) is 0 Å². The van der Waals surface area contributed by atoms with Crippen LogP contribution in [0.25, 0.3) is 54.2 Å². The van der Waals surface area contributed by atoms with Gasteiger partial charge in [0.1, 0.15) is 0 Å². The topological polar surface area (TPSA) is 54.1 Å². The Morgan fingerprint density at radius 2 is 0.820 bits per heavy atom. The van der Waals surface area contributed by atoms with Crippen LogP contribution in [0.1, 0.15) is 36.1 Å². The molecule has 0 amide bonds. The van der Waals surface area contributed by atoms with Crippen molar-refractivity contribution in [2.75, 3.05) is 9.80 Å². The highest BCUT2D eigenvalue weighted by molar-refractivity contribution is 6.11. The van der Waals surface area contributed by atoms with Gasteiger partial charge in [-0.1, -0.05) is 105 Å². The zero-order chi connectivity index (χ0) is 41.2. The summed E-state index contributed by atoms with van der Waals surface area (Å²) in [6, 6.07) is 73.3. The molecule has 1 aliphatic carbocycles. The molecular formula is C57H38N4. The van der Waals surface area contributed by atoms with Crippen molar-refractivity contribution in [3.05, 3.63) is 216 Å². The molecule has 4 heteroatoms. The molecule has 0 unspecified atom stereocenters. The molecule has 0 atom stereocenters. The lowest BCUT2D eigenvalue weighted by Gasteiger charge is -2.30. The van der Waals surface area contributed by atoms with E-state index >= 15 is 0 Å². The summed E-state index contributed by atoms with van der Waals surface area (Å²) in [4.78, 5) is 4.63. The lowest BCUT2D eigenvalue weighted by Crippen LogP contribution is -2.17. The van der Waals surface area contributed by atoms with Crippen molar-refractivity contribution in [1.29, 1.82) is 10.5 Å². The Hall–Kier alpha value is -8.18. The number of nitriles is 2. The van der Waals surface area contributed by atoms with Crippen LogP contribution in [-0.2, 0) is 5.41 Å². The standard InChI is InChI=1S/C57H38N4/c1-57(2)53-33-44-31-48(60(45-22-15-37(35-58)16-23-45)47-26-19-39-9-3-5-11-41(39)29-47)28-21-43(44)32-52(53)56-51-14-8-7-13-50(51)55(34-54(56)57)61(46-24-17-38(36-59)18-25-46)49-27-20-40-10-4-6-12-42(40)30-49/h3-34H,1-2H3. The van der Waals surface area contributed by atoms with E-state index in [1.165, 1.54) is 54.6 Å². The number of hydrogen-bond acceptors (Lipinski definition) is 4. The van der Waals surface area contributed by atoms with Crippen molar-refractivity contribution in [3.63, 3.8) is 0 Å². The molecule has 0 radical (unpaired) electrons. The van der Waals surface area contributed by atoms with Crippen LogP contribution in [0.15, 0.2) is 194 Å². The van der Waals surface area contributed by atoms with Crippen LogP contribution < -0.4 is 9.80 Å². The first-order valence-corrected chi connectivity index (χ1v) is 20.6. The third kappa shape index (κ3) is 5.89. The molecule has 10 aromatic carbocycles. The van der Waals surface area contributed by atoms with Gasteiger partial charge in [0.25, 0.3) is 0 Å². The zero-order valence-electron chi connectivity index (χ0n) is 33.8. The van der Waals surface area contributed by atoms with Gasteiger partial charge < -0.3 is 9.80 Å². The highest BCUT2D eigenvalue weighted by Crippen LogP contribution is 2.55. The van der Waals surface area contributed by atoms with E-state index in [1.54, 1.807) is 0 Å². The van der Waals surface area contributed by atoms with Crippen molar-refractivity contribution >= 4 is 77.2 Å². The molecule has 0 saturated heterocycles. The number of fused-ring (bicyclic) bond motifs is 8. The average Bonchev–Trinajstić information content (AvgIpc) is 3.53. The van der Waals surface area contributed by atoms with Gasteiger partial charge in [0.05, 0.1) is 29.0 Å². The van der Waals surface area contributed by atoms with E-state index < -0.39 is 0 Å². The Labute approximate surface area is 355 Å². The molecule has 10 aromatic rings. The Bertz CT molecular complexity index is 3480. The van der Waals surface area contributed by atoms with Gasteiger partial charge in [-0.3, -0.25) is 0 Å². The molecule has 1 aliphatic rings. The van der Waals surface area contributed by atoms with Gasteiger partial charge in [-0.15, -0.1) is 0 Å². The fourth-order valence-corrected chi connectivity index (χ4v) is 9.49. The zero-order valence-corrected chi connectivity index (χ0v) is 33.8. The van der Waals surface area contributed by atoms with E-state index in [0.29, 0.717) is 11.1 Å². The monoisotopic (exact) mass is 778 g/mol. The molecule has 0 saturated carbocycles. The van der Waals surface area contributed by atoms with E-state index in [1.807, 2.05) is 36.4 Å². The fourth-order valence-electron chi connectivity index (χ4n) is 9.49. The minimum Gasteiger partial charge on any atom is -0.310 e. The minimum absolute atomic E-state index is 0.321. The van der Waals surface area contributed by atoms with E-state index in [0.717, 1.165) is 44.9 Å². The molecule has 0 bridgehead atoms. The largest absolute Gasteiger partial charge is 0.310 e. The smallest absolute Gasteiger partial charge is 0.0991 e. The first kappa shape index (κ1) is 35.9. The highest BCUT2D eigenvalue weighted by Gasteiger charge is 2.38. The Balaban J connectivity index is 1.09. The van der Waals surface area contributed by atoms with Crippen molar-refractivity contribution in [1.82, 2.24) is 0 Å². The molecular weight excluding hydrogens is 741 g/mol. The number of nitrogens with zero attached hydrogens (tertiary/aromatic N) is 4. The maximum atomic E-state index is 9.70. The molecule has 0 fully saturated rings. The van der Waals surface area contributed by atoms with Crippen molar-refractivity contribution in [2.45, 2.75) is 19.3 Å². The maximum absolute atomic E-state index is 9.70. The summed E-state index contributed by atoms with van der Waals surface area (Å²) in [5.74, 6) is 0. The molecule has 0 aromatic heterocycles. The van der Waals surface area contributed by atoms with E-state index in [-0.39, 0.29) is 5.41 Å². The van der Waals surface area contributed by atoms with Crippen molar-refractivity contribution < 1.29 is 0 Å². The van der Waals surface area contributed by atoms with Gasteiger partial charge in [0.2, 0.25) is 0 Å². The SMILES string of the molecule is CC1(C)c2cc3cc(N(c4ccc(C#N)cc4)c4ccc5ccccc5c4)ccc3cc2-c2c1cc(N(c1ccc(C#N)cc1)c1ccc3ccccc3c1)c1ccccc21. The molecule has 0 heterocycles. The van der Waals surface area contributed by atoms with Crippen LogP contribution in [0.2, 0.25) is 0 Å². The molecule has 61 heavy (non-hydrogen) atoms. The van der Waals surface area contributed by atoms with E-state index in [4.69, 9.17) is 0 Å². The van der Waals surface area contributed by atoms with Gasteiger partial charge in [-0.05, 0) is 163 Å². The van der Waals surface area contributed by atoms with Crippen LogP contribution in [0.4, 0.5) is 34.1 Å². The predicted octanol–water partition coefficient (Wildman–Crippen LogP) is 15.3. The predicted molar refractivity (Wildman–Crippen MR) is 253 cm³/mol. The third-order valence-corrected chi connectivity index (χ3v) is 12.6. The normalized spacial score (nSPS) is 12.5. The number of benzene rings is 10. The average molecular weight is 779 g/mol. The lowest BCUT2D eigenvalue weighted by atomic mass is 9.81. The second kappa shape index (κ2) is 14.0. The Kier molecular flexibility index (Phi) is 8.24. The molecule has 0 spiro atoms. The van der Waals surface area contributed by atoms with Crippen LogP contribution in [0.3, 0.4) is 0 Å². The van der Waals surface area contributed by atoms with Gasteiger partial charge in [0, 0.05) is 39.2 Å². The first-order valence-electron chi connectivity index (χ1n) is 20.6. The third-order valence-electron chi connectivity index (χ3n) is 12.6. The summed E-state index contributed by atoms with van der Waals surface area (Å²) in [6.07, 6.45) is 0. The summed E-state index contributed by atoms with van der Waals surface area (Å²) in [5, 5.41) is 28.7. The first-order chi connectivity index (χ1) is 29.9. The van der Waals surface area contributed by atoms with Crippen molar-refractivity contribution in [2.24, 2.45) is 0 Å². The minimum atomic E-state index is -0.321. The van der Waals surface area contributed by atoms with Crippen LogP contribution in [0, 0.1) is 22.7 Å². The van der Waals surface area contributed by atoms with E-state index in [2.05, 4.69) is 194 Å². The summed E-state index contributed by atoms with van der Waals surface area (Å²) < 4.78 is 0. The lowest BCUT2D eigenvalue weighted by molar-refractivity contribution is 0.661. The second-order valence-corrected chi connectivity index (χ2v) is 16.5. The quantitative estimate of drug-likeness (QED) is 0.169. The summed E-state index contributed by atoms with van der Waals surface area (Å²) in [7, 11) is 0. The summed E-state index contributed by atoms with van der Waals surface area (Å²) in [6.45, 7) is 4.71. The van der Waals surface area contributed by atoms with E-state index in [9.17, 15) is 10.5 Å². The van der Waals surface area contributed by atoms with Gasteiger partial charge in [0.15, 0.2) is 0 Å². The molecule has 4 nitrogen and oxygen atoms in total. The van der Waals surface area contributed by atoms with Gasteiger partial charge in [-0.25, -0.2) is 0 Å². The second-order valence-electron chi connectivity index (χ2n) is 16.5. The summed E-state index contributed by atoms with van der Waals surface area (Å²) >= 11 is 0. The Morgan fingerprint density at radius 3 is 1.39 bits per heavy atom. The highest BCUT2D eigenvalue weighted by atomic mass is 15.1. The maximum Gasteiger partial charge on any atom is 0.0991 e. The molecule has 286 valence electrons. The van der Waals surface area contributed by atoms with Crippen molar-refractivity contribution in [3.8, 4) is 23.3 Å².